The molecule has 140 valence electrons. The van der Waals surface area contributed by atoms with Crippen molar-refractivity contribution in [3.05, 3.63) is 48.0 Å². The molecule has 2 aromatic rings. The summed E-state index contributed by atoms with van der Waals surface area (Å²) in [7, 11) is 1.89. The van der Waals surface area contributed by atoms with Gasteiger partial charge in [-0.3, -0.25) is 9.59 Å². The summed E-state index contributed by atoms with van der Waals surface area (Å²) in [5.74, 6) is -0.440. The van der Waals surface area contributed by atoms with Crippen LogP contribution in [-0.2, 0) is 29.6 Å². The molecule has 0 saturated heterocycles. The van der Waals surface area contributed by atoms with Crippen molar-refractivity contribution in [2.24, 2.45) is 12.8 Å². The van der Waals surface area contributed by atoms with Crippen molar-refractivity contribution in [2.75, 3.05) is 4.90 Å². The molecule has 1 aromatic carbocycles. The van der Waals surface area contributed by atoms with Gasteiger partial charge in [0.2, 0.25) is 11.8 Å². The quantitative estimate of drug-likeness (QED) is 0.835. The molecule has 0 spiro atoms. The molecule has 26 heavy (non-hydrogen) atoms. The molecule has 2 amide bonds. The van der Waals surface area contributed by atoms with E-state index in [0.717, 1.165) is 16.9 Å². The number of carbonyl (C=O) groups excluding carboxylic acids is 2. The predicted octanol–water partition coefficient (Wildman–Crippen LogP) is 1.15. The van der Waals surface area contributed by atoms with Gasteiger partial charge in [0.25, 0.3) is 0 Å². The van der Waals surface area contributed by atoms with E-state index in [0.29, 0.717) is 19.4 Å². The third-order valence-corrected chi connectivity index (χ3v) is 4.52. The third-order valence-electron chi connectivity index (χ3n) is 4.52. The summed E-state index contributed by atoms with van der Waals surface area (Å²) in [6.07, 6.45) is 4.72. The van der Waals surface area contributed by atoms with Gasteiger partial charge < -0.3 is 20.5 Å². The van der Waals surface area contributed by atoms with E-state index in [9.17, 15) is 9.59 Å². The Balaban J connectivity index is 0.00000243. The van der Waals surface area contributed by atoms with Gasteiger partial charge >= 0.3 is 0 Å². The number of aromatic nitrogens is 2. The molecule has 8 heteroatoms. The lowest BCUT2D eigenvalue weighted by atomic mass is 10.1. The van der Waals surface area contributed by atoms with Gasteiger partial charge in [0.15, 0.2) is 0 Å². The van der Waals surface area contributed by atoms with Crippen LogP contribution in [0.15, 0.2) is 36.8 Å². The standard InChI is InChI=1S/C18H23N5O2.ClH/c1-12(19)17(24)21-15-8-7-13-5-3-4-6-16(13)23(18(15)25)10-14-9-20-11-22(14)2;/h3-6,9,11-12,15H,7-8,10,19H2,1-2H3,(H,21,24);1H. The molecule has 0 radical (unpaired) electrons. The van der Waals surface area contributed by atoms with Gasteiger partial charge in [0.05, 0.1) is 24.6 Å². The van der Waals surface area contributed by atoms with E-state index < -0.39 is 12.1 Å². The van der Waals surface area contributed by atoms with Crippen LogP contribution in [0.2, 0.25) is 0 Å². The normalized spacial score (nSPS) is 17.7. The van der Waals surface area contributed by atoms with E-state index in [1.165, 1.54) is 0 Å². The zero-order chi connectivity index (χ0) is 18.0. The lowest BCUT2D eigenvalue weighted by Crippen LogP contribution is -2.51. The molecule has 2 unspecified atom stereocenters. The molecule has 7 nitrogen and oxygen atoms in total. The number of fused-ring (bicyclic) bond motifs is 1. The lowest BCUT2D eigenvalue weighted by molar-refractivity contribution is -0.128. The van der Waals surface area contributed by atoms with Gasteiger partial charge in [-0.1, -0.05) is 18.2 Å². The fourth-order valence-electron chi connectivity index (χ4n) is 3.01. The second-order valence-electron chi connectivity index (χ2n) is 6.44. The zero-order valence-electron chi connectivity index (χ0n) is 14.9. The van der Waals surface area contributed by atoms with Gasteiger partial charge in [-0.05, 0) is 31.4 Å². The second-order valence-corrected chi connectivity index (χ2v) is 6.44. The summed E-state index contributed by atoms with van der Waals surface area (Å²) in [5, 5.41) is 2.79. The van der Waals surface area contributed by atoms with Crippen LogP contribution >= 0.6 is 12.4 Å². The fourth-order valence-corrected chi connectivity index (χ4v) is 3.01. The van der Waals surface area contributed by atoms with Gasteiger partial charge in [-0.15, -0.1) is 12.4 Å². The van der Waals surface area contributed by atoms with Crippen molar-refractivity contribution in [1.29, 1.82) is 0 Å². The molecule has 0 aliphatic carbocycles. The predicted molar refractivity (Wildman–Crippen MR) is 102 cm³/mol. The molecule has 3 N–H and O–H groups in total. The highest BCUT2D eigenvalue weighted by atomic mass is 35.5. The van der Waals surface area contributed by atoms with Crippen molar-refractivity contribution in [1.82, 2.24) is 14.9 Å². The van der Waals surface area contributed by atoms with Gasteiger partial charge in [0, 0.05) is 18.9 Å². The first-order valence-electron chi connectivity index (χ1n) is 8.38. The highest BCUT2D eigenvalue weighted by Crippen LogP contribution is 2.28. The number of amides is 2. The molecule has 3 rings (SSSR count). The maximum absolute atomic E-state index is 13.1. The van der Waals surface area contributed by atoms with E-state index >= 15 is 0 Å². The Bertz CT molecular complexity index is 789. The first-order chi connectivity index (χ1) is 12.0. The minimum Gasteiger partial charge on any atom is -0.343 e. The monoisotopic (exact) mass is 377 g/mol. The van der Waals surface area contributed by atoms with Crippen molar-refractivity contribution < 1.29 is 9.59 Å². The third kappa shape index (κ3) is 4.05. The number of anilines is 1. The van der Waals surface area contributed by atoms with Crippen LogP contribution in [0.5, 0.6) is 0 Å². The largest absolute Gasteiger partial charge is 0.343 e. The number of hydrogen-bond acceptors (Lipinski definition) is 4. The first kappa shape index (κ1) is 19.9. The van der Waals surface area contributed by atoms with Gasteiger partial charge in [-0.25, -0.2) is 4.98 Å². The highest BCUT2D eigenvalue weighted by molar-refractivity contribution is 6.00. The van der Waals surface area contributed by atoms with Crippen LogP contribution in [0.1, 0.15) is 24.6 Å². The zero-order valence-corrected chi connectivity index (χ0v) is 15.7. The van der Waals surface area contributed by atoms with E-state index in [4.69, 9.17) is 5.73 Å². The maximum Gasteiger partial charge on any atom is 0.249 e. The molecule has 1 aliphatic rings. The van der Waals surface area contributed by atoms with E-state index in [-0.39, 0.29) is 24.2 Å². The Morgan fingerprint density at radius 3 is 2.81 bits per heavy atom. The van der Waals surface area contributed by atoms with E-state index in [1.807, 2.05) is 35.9 Å². The summed E-state index contributed by atoms with van der Waals surface area (Å²) in [6.45, 7) is 2.01. The Labute approximate surface area is 159 Å². The minimum atomic E-state index is -0.649. The molecule has 0 bridgehead atoms. The number of halogens is 1. The average molecular weight is 378 g/mol. The average Bonchev–Trinajstić information content (AvgIpc) is 2.95. The number of nitrogens with zero attached hydrogens (tertiary/aromatic N) is 3. The van der Waals surface area contributed by atoms with Crippen LogP contribution in [0.3, 0.4) is 0 Å². The number of nitrogens with two attached hydrogens (primary N) is 1. The topological polar surface area (TPSA) is 93.2 Å². The van der Waals surface area contributed by atoms with Crippen molar-refractivity contribution in [2.45, 2.75) is 38.4 Å². The van der Waals surface area contributed by atoms with Crippen LogP contribution in [0, 0.1) is 0 Å². The Hall–Kier alpha value is -2.38. The number of carbonyl (C=O) groups is 2. The molecule has 0 fully saturated rings. The number of nitrogens with one attached hydrogen (secondary N) is 1. The Morgan fingerprint density at radius 1 is 1.42 bits per heavy atom. The van der Waals surface area contributed by atoms with Gasteiger partial charge in [-0.2, -0.15) is 0 Å². The summed E-state index contributed by atoms with van der Waals surface area (Å²) < 4.78 is 1.89. The van der Waals surface area contributed by atoms with Crippen LogP contribution in [0.25, 0.3) is 0 Å². The van der Waals surface area contributed by atoms with Gasteiger partial charge in [0.1, 0.15) is 6.04 Å². The minimum absolute atomic E-state index is 0. The Kier molecular flexibility index (Phi) is 6.39. The fraction of sp³-hybridized carbons (Fsp3) is 0.389. The number of imidazole rings is 1. The molecule has 1 aliphatic heterocycles. The van der Waals surface area contributed by atoms with E-state index in [2.05, 4.69) is 10.3 Å². The number of benzene rings is 1. The first-order valence-corrected chi connectivity index (χ1v) is 8.38. The molecular weight excluding hydrogens is 354 g/mol. The van der Waals surface area contributed by atoms with Crippen LogP contribution < -0.4 is 16.0 Å². The van der Waals surface area contributed by atoms with Crippen LogP contribution in [-0.4, -0.2) is 33.4 Å². The lowest BCUT2D eigenvalue weighted by Gasteiger charge is -2.26. The smallest absolute Gasteiger partial charge is 0.249 e. The van der Waals surface area contributed by atoms with Crippen molar-refractivity contribution >= 4 is 29.9 Å². The summed E-state index contributed by atoms with van der Waals surface area (Å²) in [4.78, 5) is 31.0. The summed E-state index contributed by atoms with van der Waals surface area (Å²) in [5.41, 5.74) is 8.53. The van der Waals surface area contributed by atoms with Crippen molar-refractivity contribution in [3.63, 3.8) is 0 Å². The second kappa shape index (κ2) is 8.33. The number of hydrogen-bond donors (Lipinski definition) is 2. The molecule has 0 saturated carbocycles. The molecule has 2 heterocycles. The number of para-hydroxylation sites is 1. The molecule has 2 atom stereocenters. The van der Waals surface area contributed by atoms with Crippen molar-refractivity contribution in [3.8, 4) is 0 Å². The molecular formula is C18H24ClN5O2. The summed E-state index contributed by atoms with van der Waals surface area (Å²) in [6, 6.07) is 6.62. The van der Waals surface area contributed by atoms with E-state index in [1.54, 1.807) is 24.3 Å². The molecule has 1 aromatic heterocycles. The maximum atomic E-state index is 13.1. The Morgan fingerprint density at radius 2 is 2.15 bits per heavy atom. The highest BCUT2D eigenvalue weighted by Gasteiger charge is 2.32. The SMILES string of the molecule is CC(N)C(=O)NC1CCc2ccccc2N(Cc2cncn2C)C1=O.Cl. The van der Waals surface area contributed by atoms with Crippen LogP contribution in [0.4, 0.5) is 5.69 Å². The number of rotatable bonds is 4. The number of aryl methyl sites for hydroxylation is 2. The summed E-state index contributed by atoms with van der Waals surface area (Å²) >= 11 is 0.